The Morgan fingerprint density at radius 1 is 1.12 bits per heavy atom. The van der Waals surface area contributed by atoms with Gasteiger partial charge < -0.3 is 5.32 Å². The average Bonchev–Trinajstić information content (AvgIpc) is 2.30. The smallest absolute Gasteiger partial charge is 0.0334 e. The molecule has 0 bridgehead atoms. The predicted octanol–water partition coefficient (Wildman–Crippen LogP) is 2.78. The molecule has 2 aliphatic carbocycles. The zero-order chi connectivity index (χ0) is 11.7. The molecule has 1 atom stereocenters. The highest BCUT2D eigenvalue weighted by Crippen LogP contribution is 2.38. The van der Waals surface area contributed by atoms with Crippen LogP contribution in [0, 0.1) is 5.92 Å². The van der Waals surface area contributed by atoms with Crippen molar-refractivity contribution in [1.29, 1.82) is 0 Å². The van der Waals surface area contributed by atoms with Crippen LogP contribution in [0.4, 0.5) is 0 Å². The molecule has 17 heavy (non-hydrogen) atoms. The minimum absolute atomic E-state index is 0.542. The summed E-state index contributed by atoms with van der Waals surface area (Å²) in [4.78, 5) is 2.89. The Morgan fingerprint density at radius 2 is 1.88 bits per heavy atom. The Bertz CT molecular complexity index is 254. The van der Waals surface area contributed by atoms with E-state index in [1.54, 1.807) is 0 Å². The summed E-state index contributed by atoms with van der Waals surface area (Å²) in [5.74, 6) is 1.03. The largest absolute Gasteiger partial charge is 0.311 e. The first-order valence-corrected chi connectivity index (χ1v) is 7.77. The molecule has 1 saturated heterocycles. The van der Waals surface area contributed by atoms with Crippen molar-refractivity contribution in [3.63, 3.8) is 0 Å². The zero-order valence-electron chi connectivity index (χ0n) is 11.4. The fourth-order valence-electron chi connectivity index (χ4n) is 4.02. The Balaban J connectivity index is 1.68. The maximum absolute atomic E-state index is 3.74. The molecule has 3 aliphatic rings. The normalized spacial score (nSPS) is 34.8. The average molecular weight is 236 g/mol. The molecule has 3 rings (SSSR count). The SMILES string of the molecule is CC1CN(CC2CCC2)C2(CCCCC2)CN1. The zero-order valence-corrected chi connectivity index (χ0v) is 11.4. The van der Waals surface area contributed by atoms with Crippen LogP contribution < -0.4 is 5.32 Å². The molecule has 3 fully saturated rings. The third-order valence-corrected chi connectivity index (χ3v) is 5.43. The second kappa shape index (κ2) is 4.89. The van der Waals surface area contributed by atoms with Gasteiger partial charge in [-0.3, -0.25) is 4.90 Å². The molecule has 1 spiro atoms. The molecule has 2 saturated carbocycles. The van der Waals surface area contributed by atoms with E-state index in [-0.39, 0.29) is 0 Å². The first-order valence-electron chi connectivity index (χ1n) is 7.77. The third-order valence-electron chi connectivity index (χ3n) is 5.43. The highest BCUT2D eigenvalue weighted by atomic mass is 15.3. The van der Waals surface area contributed by atoms with Crippen molar-refractivity contribution < 1.29 is 0 Å². The maximum Gasteiger partial charge on any atom is 0.0334 e. The van der Waals surface area contributed by atoms with Crippen molar-refractivity contribution >= 4 is 0 Å². The van der Waals surface area contributed by atoms with E-state index < -0.39 is 0 Å². The van der Waals surface area contributed by atoms with Gasteiger partial charge in [0, 0.05) is 31.2 Å². The molecule has 0 radical (unpaired) electrons. The van der Waals surface area contributed by atoms with Crippen molar-refractivity contribution in [3.05, 3.63) is 0 Å². The molecule has 98 valence electrons. The highest BCUT2D eigenvalue weighted by Gasteiger charge is 2.42. The fourth-order valence-corrected chi connectivity index (χ4v) is 4.02. The summed E-state index contributed by atoms with van der Waals surface area (Å²) in [5, 5.41) is 3.74. The molecule has 1 heterocycles. The molecule has 2 nitrogen and oxygen atoms in total. The number of nitrogens with one attached hydrogen (secondary N) is 1. The van der Waals surface area contributed by atoms with Gasteiger partial charge >= 0.3 is 0 Å². The van der Waals surface area contributed by atoms with Crippen molar-refractivity contribution in [2.24, 2.45) is 5.92 Å². The molecule has 1 N–H and O–H groups in total. The van der Waals surface area contributed by atoms with E-state index in [4.69, 9.17) is 0 Å². The molecule has 0 aromatic heterocycles. The second-order valence-corrected chi connectivity index (χ2v) is 6.77. The van der Waals surface area contributed by atoms with Crippen LogP contribution in [0.15, 0.2) is 0 Å². The maximum atomic E-state index is 3.74. The van der Waals surface area contributed by atoms with Crippen molar-refractivity contribution in [2.45, 2.75) is 69.9 Å². The summed E-state index contributed by atoms with van der Waals surface area (Å²) in [6.45, 7) is 6.28. The van der Waals surface area contributed by atoms with Crippen molar-refractivity contribution in [1.82, 2.24) is 10.2 Å². The third kappa shape index (κ3) is 2.39. The van der Waals surface area contributed by atoms with Gasteiger partial charge in [-0.15, -0.1) is 0 Å². The second-order valence-electron chi connectivity index (χ2n) is 6.77. The Morgan fingerprint density at radius 3 is 2.53 bits per heavy atom. The number of nitrogens with zero attached hydrogens (tertiary/aromatic N) is 1. The molecule has 0 aromatic carbocycles. The minimum Gasteiger partial charge on any atom is -0.311 e. The number of piperazine rings is 1. The fraction of sp³-hybridized carbons (Fsp3) is 1.00. The van der Waals surface area contributed by atoms with Gasteiger partial charge in [0.15, 0.2) is 0 Å². The van der Waals surface area contributed by atoms with Crippen LogP contribution in [0.2, 0.25) is 0 Å². The highest BCUT2D eigenvalue weighted by molar-refractivity contribution is 5.00. The standard InChI is InChI=1S/C15H28N2/c1-13-10-17(11-14-6-5-7-14)15(12-16-13)8-3-2-4-9-15/h13-14,16H,2-12H2,1H3. The number of rotatable bonds is 2. The summed E-state index contributed by atoms with van der Waals surface area (Å²) in [6, 6.07) is 0.697. The van der Waals surface area contributed by atoms with Crippen LogP contribution in [0.25, 0.3) is 0 Å². The van der Waals surface area contributed by atoms with Gasteiger partial charge in [0.25, 0.3) is 0 Å². The Kier molecular flexibility index (Phi) is 3.45. The summed E-state index contributed by atoms with van der Waals surface area (Å²) in [5.41, 5.74) is 0.542. The van der Waals surface area contributed by atoms with E-state index in [2.05, 4.69) is 17.1 Å². The van der Waals surface area contributed by atoms with Gasteiger partial charge in [-0.1, -0.05) is 25.7 Å². The van der Waals surface area contributed by atoms with Crippen LogP contribution >= 0.6 is 0 Å². The van der Waals surface area contributed by atoms with Gasteiger partial charge in [-0.05, 0) is 38.5 Å². The van der Waals surface area contributed by atoms with Gasteiger partial charge in [-0.2, -0.15) is 0 Å². The quantitative estimate of drug-likeness (QED) is 0.793. The van der Waals surface area contributed by atoms with Gasteiger partial charge in [0.05, 0.1) is 0 Å². The molecular weight excluding hydrogens is 208 g/mol. The van der Waals surface area contributed by atoms with Gasteiger partial charge in [-0.25, -0.2) is 0 Å². The minimum atomic E-state index is 0.542. The molecular formula is C15H28N2. The summed E-state index contributed by atoms with van der Waals surface area (Å²) < 4.78 is 0. The summed E-state index contributed by atoms with van der Waals surface area (Å²) in [6.07, 6.45) is 11.7. The lowest BCUT2D eigenvalue weighted by Gasteiger charge is -2.53. The number of hydrogen-bond donors (Lipinski definition) is 1. The van der Waals surface area contributed by atoms with Crippen LogP contribution in [0.3, 0.4) is 0 Å². The molecule has 1 aliphatic heterocycles. The monoisotopic (exact) mass is 236 g/mol. The summed E-state index contributed by atoms with van der Waals surface area (Å²) >= 11 is 0. The van der Waals surface area contributed by atoms with E-state index in [9.17, 15) is 0 Å². The topological polar surface area (TPSA) is 15.3 Å². The Labute approximate surface area is 106 Å². The lowest BCUT2D eigenvalue weighted by Crippen LogP contribution is -2.65. The summed E-state index contributed by atoms with van der Waals surface area (Å²) in [7, 11) is 0. The number of hydrogen-bond acceptors (Lipinski definition) is 2. The van der Waals surface area contributed by atoms with E-state index >= 15 is 0 Å². The molecule has 0 amide bonds. The molecule has 2 heteroatoms. The van der Waals surface area contributed by atoms with Crippen LogP contribution in [0.5, 0.6) is 0 Å². The van der Waals surface area contributed by atoms with E-state index in [1.807, 2.05) is 0 Å². The van der Waals surface area contributed by atoms with E-state index in [0.29, 0.717) is 11.6 Å². The van der Waals surface area contributed by atoms with Crippen LogP contribution in [-0.4, -0.2) is 36.1 Å². The lowest BCUT2D eigenvalue weighted by molar-refractivity contribution is -0.00751. The van der Waals surface area contributed by atoms with Crippen LogP contribution in [0.1, 0.15) is 58.3 Å². The molecule has 0 aromatic rings. The van der Waals surface area contributed by atoms with Crippen molar-refractivity contribution in [3.8, 4) is 0 Å². The Hall–Kier alpha value is -0.0800. The first-order chi connectivity index (χ1) is 8.28. The lowest BCUT2D eigenvalue weighted by atomic mass is 9.76. The van der Waals surface area contributed by atoms with Crippen LogP contribution in [-0.2, 0) is 0 Å². The van der Waals surface area contributed by atoms with Gasteiger partial charge in [0.2, 0.25) is 0 Å². The van der Waals surface area contributed by atoms with E-state index in [1.165, 1.54) is 71.0 Å². The van der Waals surface area contributed by atoms with Crippen molar-refractivity contribution in [2.75, 3.05) is 19.6 Å². The van der Waals surface area contributed by atoms with Gasteiger partial charge in [0.1, 0.15) is 0 Å². The predicted molar refractivity (Wildman–Crippen MR) is 72.2 cm³/mol. The molecule has 1 unspecified atom stereocenters. The first kappa shape index (κ1) is 12.0. The van der Waals surface area contributed by atoms with E-state index in [0.717, 1.165) is 5.92 Å².